The predicted octanol–water partition coefficient (Wildman–Crippen LogP) is 3.22. The van der Waals surface area contributed by atoms with Crippen molar-refractivity contribution in [3.05, 3.63) is 33.8 Å². The predicted molar refractivity (Wildman–Crippen MR) is 78.7 cm³/mol. The second-order valence-corrected chi connectivity index (χ2v) is 8.86. The first kappa shape index (κ1) is 15.5. The standard InChI is InChI=1S/C10H11Cl2IO3S/c1-2-17(15,16)10(13)9(14)7-4-3-6(11)5-8(7)12/h3-5,9-10,14H,2H2,1H3/t9-,10+/m1/s1. The molecule has 1 N–H and O–H groups in total. The van der Waals surface area contributed by atoms with E-state index < -0.39 is 19.2 Å². The summed E-state index contributed by atoms with van der Waals surface area (Å²) in [4.78, 5) is 0. The van der Waals surface area contributed by atoms with Gasteiger partial charge in [-0.05, 0) is 12.1 Å². The summed E-state index contributed by atoms with van der Waals surface area (Å²) in [6.45, 7) is 1.54. The van der Waals surface area contributed by atoms with Gasteiger partial charge in [0.05, 0.1) is 0 Å². The Balaban J connectivity index is 3.09. The van der Waals surface area contributed by atoms with Crippen LogP contribution in [0.1, 0.15) is 18.6 Å². The molecule has 1 aromatic rings. The van der Waals surface area contributed by atoms with E-state index in [1.54, 1.807) is 28.7 Å². The molecule has 96 valence electrons. The van der Waals surface area contributed by atoms with Crippen molar-refractivity contribution in [2.45, 2.75) is 16.3 Å². The van der Waals surface area contributed by atoms with Crippen LogP contribution in [-0.4, -0.2) is 22.5 Å². The van der Waals surface area contributed by atoms with Crippen molar-refractivity contribution in [3.8, 4) is 0 Å². The Morgan fingerprint density at radius 1 is 1.41 bits per heavy atom. The molecule has 0 aliphatic carbocycles. The van der Waals surface area contributed by atoms with Gasteiger partial charge >= 0.3 is 0 Å². The summed E-state index contributed by atoms with van der Waals surface area (Å²) in [7, 11) is -3.33. The highest BCUT2D eigenvalue weighted by molar-refractivity contribution is 14.1. The van der Waals surface area contributed by atoms with E-state index in [-0.39, 0.29) is 10.8 Å². The Morgan fingerprint density at radius 2 is 2.00 bits per heavy atom. The van der Waals surface area contributed by atoms with E-state index in [1.165, 1.54) is 19.1 Å². The lowest BCUT2D eigenvalue weighted by molar-refractivity contribution is 0.197. The topological polar surface area (TPSA) is 54.4 Å². The van der Waals surface area contributed by atoms with Gasteiger partial charge in [-0.3, -0.25) is 0 Å². The molecule has 2 atom stereocenters. The van der Waals surface area contributed by atoms with Crippen LogP contribution in [0.25, 0.3) is 0 Å². The van der Waals surface area contributed by atoms with Crippen LogP contribution in [0.3, 0.4) is 0 Å². The van der Waals surface area contributed by atoms with Crippen LogP contribution in [0.4, 0.5) is 0 Å². The number of aliphatic hydroxyl groups is 1. The lowest BCUT2D eigenvalue weighted by Crippen LogP contribution is -2.24. The first-order chi connectivity index (χ1) is 7.79. The summed E-state index contributed by atoms with van der Waals surface area (Å²) in [5.74, 6) is -0.0249. The number of hydrogen-bond acceptors (Lipinski definition) is 3. The van der Waals surface area contributed by atoms with Crippen molar-refractivity contribution in [1.29, 1.82) is 0 Å². The minimum atomic E-state index is -3.33. The van der Waals surface area contributed by atoms with E-state index in [0.29, 0.717) is 10.6 Å². The van der Waals surface area contributed by atoms with E-state index in [4.69, 9.17) is 23.2 Å². The van der Waals surface area contributed by atoms with Crippen LogP contribution in [-0.2, 0) is 9.84 Å². The summed E-state index contributed by atoms with van der Waals surface area (Å²) in [6, 6.07) is 4.57. The molecule has 0 fully saturated rings. The van der Waals surface area contributed by atoms with Crippen molar-refractivity contribution in [1.82, 2.24) is 0 Å². The minimum absolute atomic E-state index is 0.0249. The van der Waals surface area contributed by atoms with Crippen LogP contribution >= 0.6 is 45.8 Å². The van der Waals surface area contributed by atoms with E-state index in [1.807, 2.05) is 0 Å². The third kappa shape index (κ3) is 3.70. The number of benzene rings is 1. The van der Waals surface area contributed by atoms with Gasteiger partial charge in [0.2, 0.25) is 0 Å². The number of rotatable bonds is 4. The highest BCUT2D eigenvalue weighted by Crippen LogP contribution is 2.33. The second-order valence-electron chi connectivity index (χ2n) is 3.41. The minimum Gasteiger partial charge on any atom is -0.386 e. The van der Waals surface area contributed by atoms with E-state index in [0.717, 1.165) is 0 Å². The summed E-state index contributed by atoms with van der Waals surface area (Å²) >= 11 is 13.4. The van der Waals surface area contributed by atoms with Gasteiger partial charge in [0.25, 0.3) is 0 Å². The lowest BCUT2D eigenvalue weighted by atomic mass is 10.1. The fourth-order valence-corrected chi connectivity index (χ4v) is 4.08. The maximum absolute atomic E-state index is 11.7. The second kappa shape index (κ2) is 6.06. The number of hydrogen-bond donors (Lipinski definition) is 1. The van der Waals surface area contributed by atoms with Gasteiger partial charge in [0.1, 0.15) is 9.36 Å². The molecule has 0 unspecified atom stereocenters. The Bertz CT molecular complexity index is 504. The zero-order valence-corrected chi connectivity index (χ0v) is 13.4. The van der Waals surface area contributed by atoms with Gasteiger partial charge in [-0.1, -0.05) is 58.8 Å². The highest BCUT2D eigenvalue weighted by atomic mass is 127. The molecule has 3 nitrogen and oxygen atoms in total. The normalized spacial score (nSPS) is 15.6. The number of aliphatic hydroxyl groups excluding tert-OH is 1. The third-order valence-corrected chi connectivity index (χ3v) is 7.59. The van der Waals surface area contributed by atoms with Gasteiger partial charge in [0.15, 0.2) is 9.84 Å². The summed E-state index contributed by atoms with van der Waals surface area (Å²) in [6.07, 6.45) is -1.16. The average molecular weight is 409 g/mol. The molecule has 0 aliphatic heterocycles. The fraction of sp³-hybridized carbons (Fsp3) is 0.400. The molecular formula is C10H11Cl2IO3S. The molecule has 0 radical (unpaired) electrons. The quantitative estimate of drug-likeness (QED) is 0.614. The summed E-state index contributed by atoms with van der Waals surface area (Å²) in [5, 5.41) is 10.7. The van der Waals surface area contributed by atoms with E-state index in [9.17, 15) is 13.5 Å². The van der Waals surface area contributed by atoms with Gasteiger partial charge in [0, 0.05) is 21.4 Å². The largest absolute Gasteiger partial charge is 0.386 e. The maximum Gasteiger partial charge on any atom is 0.164 e. The zero-order valence-electron chi connectivity index (χ0n) is 8.90. The molecule has 0 bridgehead atoms. The van der Waals surface area contributed by atoms with Crippen molar-refractivity contribution in [3.63, 3.8) is 0 Å². The third-order valence-electron chi connectivity index (χ3n) is 2.27. The number of halogens is 3. The van der Waals surface area contributed by atoms with Crippen LogP contribution in [0.5, 0.6) is 0 Å². The molecular weight excluding hydrogens is 398 g/mol. The average Bonchev–Trinajstić information content (AvgIpc) is 2.27. The SMILES string of the molecule is CCS(=O)(=O)[C@H](I)[C@H](O)c1ccc(Cl)cc1Cl. The Labute approximate surface area is 124 Å². The molecule has 0 spiro atoms. The lowest BCUT2D eigenvalue weighted by Gasteiger charge is -2.18. The van der Waals surface area contributed by atoms with Crippen LogP contribution < -0.4 is 0 Å². The van der Waals surface area contributed by atoms with E-state index in [2.05, 4.69) is 0 Å². The Kier molecular flexibility index (Phi) is 5.52. The van der Waals surface area contributed by atoms with Crippen LogP contribution in [0.15, 0.2) is 18.2 Å². The monoisotopic (exact) mass is 408 g/mol. The Hall–Kier alpha value is 0.440. The molecule has 7 heteroatoms. The van der Waals surface area contributed by atoms with Crippen molar-refractivity contribution < 1.29 is 13.5 Å². The van der Waals surface area contributed by atoms with Gasteiger partial charge in [-0.15, -0.1) is 0 Å². The number of sulfone groups is 1. The summed E-state index contributed by atoms with van der Waals surface area (Å²) < 4.78 is 22.4. The first-order valence-corrected chi connectivity index (χ1v) is 8.50. The maximum atomic E-state index is 11.7. The van der Waals surface area contributed by atoms with E-state index >= 15 is 0 Å². The molecule has 1 rings (SSSR count). The van der Waals surface area contributed by atoms with Crippen molar-refractivity contribution >= 4 is 55.6 Å². The summed E-state index contributed by atoms with van der Waals surface area (Å²) in [5.41, 5.74) is 0.368. The molecule has 0 aliphatic rings. The molecule has 0 saturated heterocycles. The molecule has 1 aromatic carbocycles. The smallest absolute Gasteiger partial charge is 0.164 e. The molecule has 0 amide bonds. The molecule has 17 heavy (non-hydrogen) atoms. The fourth-order valence-electron chi connectivity index (χ4n) is 1.24. The first-order valence-electron chi connectivity index (χ1n) is 4.78. The van der Waals surface area contributed by atoms with Gasteiger partial charge in [-0.2, -0.15) is 0 Å². The number of alkyl halides is 1. The van der Waals surface area contributed by atoms with Gasteiger partial charge in [-0.25, -0.2) is 8.42 Å². The zero-order chi connectivity index (χ0) is 13.2. The van der Waals surface area contributed by atoms with Crippen LogP contribution in [0, 0.1) is 0 Å². The van der Waals surface area contributed by atoms with Crippen molar-refractivity contribution in [2.75, 3.05) is 5.75 Å². The molecule has 0 saturated carbocycles. The molecule has 0 aromatic heterocycles. The molecule has 0 heterocycles. The van der Waals surface area contributed by atoms with Gasteiger partial charge < -0.3 is 5.11 Å². The Morgan fingerprint density at radius 3 is 2.47 bits per heavy atom. The van der Waals surface area contributed by atoms with Crippen molar-refractivity contribution in [2.24, 2.45) is 0 Å². The van der Waals surface area contributed by atoms with Crippen LogP contribution in [0.2, 0.25) is 10.0 Å². The highest BCUT2D eigenvalue weighted by Gasteiger charge is 2.30.